The molecule has 0 radical (unpaired) electrons. The lowest BCUT2D eigenvalue weighted by Gasteiger charge is -2.17. The van der Waals surface area contributed by atoms with Gasteiger partial charge < -0.3 is 0 Å². The topological polar surface area (TPSA) is 0 Å². The van der Waals surface area contributed by atoms with Crippen molar-refractivity contribution in [1.29, 1.82) is 0 Å². The van der Waals surface area contributed by atoms with Crippen molar-refractivity contribution in [3.8, 4) is 0 Å². The summed E-state index contributed by atoms with van der Waals surface area (Å²) in [5.74, 6) is 0.465. The minimum absolute atomic E-state index is 0.274. The van der Waals surface area contributed by atoms with Crippen LogP contribution in [0, 0.1) is 5.92 Å². The minimum Gasteiger partial charge on any atom is -0.113 e. The Kier molecular flexibility index (Phi) is 1.50. The van der Waals surface area contributed by atoms with E-state index in [1.807, 2.05) is 0 Å². The first kappa shape index (κ1) is 7.27. The molecule has 2 unspecified atom stereocenters. The highest BCUT2D eigenvalue weighted by Gasteiger charge is 2.48. The first-order valence-electron chi connectivity index (χ1n) is 3.38. The van der Waals surface area contributed by atoms with Crippen LogP contribution in [0.2, 0.25) is 0 Å². The lowest BCUT2D eigenvalue weighted by molar-refractivity contribution is 0.686. The molecule has 0 heterocycles. The third-order valence-corrected chi connectivity index (χ3v) is 4.21. The van der Waals surface area contributed by atoms with Crippen LogP contribution in [0.5, 0.6) is 0 Å². The van der Waals surface area contributed by atoms with Crippen molar-refractivity contribution in [1.82, 2.24) is 0 Å². The summed E-state index contributed by atoms with van der Waals surface area (Å²) in [7, 11) is 0. The van der Waals surface area contributed by atoms with Gasteiger partial charge in [0.05, 0.1) is 9.91 Å². The molecule has 10 heavy (non-hydrogen) atoms. The van der Waals surface area contributed by atoms with Crippen LogP contribution in [0.15, 0.2) is 10.1 Å². The molecule has 1 fully saturated rings. The van der Waals surface area contributed by atoms with Gasteiger partial charge in [0.2, 0.25) is 0 Å². The van der Waals surface area contributed by atoms with Crippen molar-refractivity contribution >= 4 is 34.8 Å². The summed E-state index contributed by atoms with van der Waals surface area (Å²) in [6.45, 7) is 0. The van der Waals surface area contributed by atoms with Crippen LogP contribution in [-0.2, 0) is 0 Å². The summed E-state index contributed by atoms with van der Waals surface area (Å²) < 4.78 is 0. The van der Waals surface area contributed by atoms with Gasteiger partial charge in [-0.15, -0.1) is 11.6 Å². The molecule has 0 spiro atoms. The van der Waals surface area contributed by atoms with Crippen LogP contribution >= 0.6 is 34.8 Å². The summed E-state index contributed by atoms with van der Waals surface area (Å²) >= 11 is 18.0. The highest BCUT2D eigenvalue weighted by Crippen LogP contribution is 2.57. The molecule has 2 bridgehead atoms. The zero-order valence-corrected chi connectivity index (χ0v) is 7.60. The summed E-state index contributed by atoms with van der Waals surface area (Å²) in [6, 6.07) is 0. The third-order valence-electron chi connectivity index (χ3n) is 2.42. The predicted octanol–water partition coefficient (Wildman–Crippen LogP) is 3.47. The van der Waals surface area contributed by atoms with Gasteiger partial charge in [-0.2, -0.15) is 0 Å². The van der Waals surface area contributed by atoms with Gasteiger partial charge in [-0.3, -0.25) is 0 Å². The summed E-state index contributed by atoms with van der Waals surface area (Å²) in [5, 5.41) is 1.51. The van der Waals surface area contributed by atoms with E-state index in [0.29, 0.717) is 11.0 Å². The summed E-state index contributed by atoms with van der Waals surface area (Å²) in [4.78, 5) is -0.274. The Morgan fingerprint density at radius 2 is 2.10 bits per heavy atom. The fourth-order valence-electron chi connectivity index (χ4n) is 1.81. The molecule has 1 saturated carbocycles. The third kappa shape index (κ3) is 0.760. The number of fused-ring (bicyclic) bond motifs is 2. The first-order chi connectivity index (χ1) is 4.63. The summed E-state index contributed by atoms with van der Waals surface area (Å²) in [6.07, 6.45) is 3.05. The van der Waals surface area contributed by atoms with Gasteiger partial charge in [-0.25, -0.2) is 0 Å². The molecule has 0 nitrogen and oxygen atoms in total. The van der Waals surface area contributed by atoms with E-state index in [0.717, 1.165) is 24.3 Å². The van der Waals surface area contributed by atoms with E-state index in [9.17, 15) is 0 Å². The highest BCUT2D eigenvalue weighted by atomic mass is 35.5. The molecule has 0 N–H and O–H groups in total. The van der Waals surface area contributed by atoms with E-state index < -0.39 is 0 Å². The molecule has 0 amide bonds. The SMILES string of the molecule is ClC1=C(Cl)C2(Cl)CCC1C2. The molecule has 2 aliphatic rings. The zero-order chi connectivity index (χ0) is 7.35. The van der Waals surface area contributed by atoms with E-state index in [1.54, 1.807) is 0 Å². The van der Waals surface area contributed by atoms with Gasteiger partial charge in [-0.1, -0.05) is 23.2 Å². The maximum absolute atomic E-state index is 6.17. The average Bonchev–Trinajstić information content (AvgIpc) is 2.35. The van der Waals surface area contributed by atoms with Crippen LogP contribution in [0.3, 0.4) is 0 Å². The Hall–Kier alpha value is 0.610. The molecule has 0 aliphatic heterocycles. The minimum atomic E-state index is -0.274. The molecular formula is C7H7Cl3. The van der Waals surface area contributed by atoms with Crippen LogP contribution < -0.4 is 0 Å². The second kappa shape index (κ2) is 2.06. The van der Waals surface area contributed by atoms with Crippen molar-refractivity contribution in [3.63, 3.8) is 0 Å². The molecule has 3 heteroatoms. The maximum atomic E-state index is 6.17. The largest absolute Gasteiger partial charge is 0.113 e. The Morgan fingerprint density at radius 1 is 1.40 bits per heavy atom. The van der Waals surface area contributed by atoms with Gasteiger partial charge in [0, 0.05) is 5.03 Å². The number of hydrogen-bond acceptors (Lipinski definition) is 0. The standard InChI is InChI=1S/C7H7Cl3/c8-5-4-1-2-7(10,3-4)6(5)9/h4H,1-3H2. The van der Waals surface area contributed by atoms with Gasteiger partial charge in [-0.05, 0) is 25.2 Å². The van der Waals surface area contributed by atoms with Crippen LogP contribution in [0.25, 0.3) is 0 Å². The monoisotopic (exact) mass is 196 g/mol. The van der Waals surface area contributed by atoms with Crippen molar-refractivity contribution in [2.24, 2.45) is 5.92 Å². The van der Waals surface area contributed by atoms with E-state index in [1.165, 1.54) is 0 Å². The van der Waals surface area contributed by atoms with Crippen molar-refractivity contribution in [3.05, 3.63) is 10.1 Å². The second-order valence-electron chi connectivity index (χ2n) is 3.07. The molecule has 2 rings (SSSR count). The number of hydrogen-bond donors (Lipinski definition) is 0. The van der Waals surface area contributed by atoms with Crippen LogP contribution in [-0.4, -0.2) is 4.87 Å². The Bertz CT molecular complexity index is 209. The number of rotatable bonds is 0. The van der Waals surface area contributed by atoms with Gasteiger partial charge >= 0.3 is 0 Å². The molecule has 0 aromatic heterocycles. The number of halogens is 3. The normalized spacial score (nSPS) is 45.3. The van der Waals surface area contributed by atoms with Gasteiger partial charge in [0.25, 0.3) is 0 Å². The molecule has 56 valence electrons. The van der Waals surface area contributed by atoms with Crippen LogP contribution in [0.1, 0.15) is 19.3 Å². The Morgan fingerprint density at radius 3 is 2.40 bits per heavy atom. The van der Waals surface area contributed by atoms with Crippen molar-refractivity contribution < 1.29 is 0 Å². The van der Waals surface area contributed by atoms with Gasteiger partial charge in [0.1, 0.15) is 0 Å². The molecule has 0 aromatic rings. The molecule has 2 atom stereocenters. The number of allylic oxidation sites excluding steroid dienone is 2. The first-order valence-corrected chi connectivity index (χ1v) is 4.51. The number of alkyl halides is 1. The second-order valence-corrected chi connectivity index (χ2v) is 4.58. The van der Waals surface area contributed by atoms with Crippen LogP contribution in [0.4, 0.5) is 0 Å². The quantitative estimate of drug-likeness (QED) is 0.522. The smallest absolute Gasteiger partial charge is 0.0819 e. The maximum Gasteiger partial charge on any atom is 0.0819 e. The zero-order valence-electron chi connectivity index (χ0n) is 5.33. The molecular weight excluding hydrogens is 190 g/mol. The fourth-order valence-corrected chi connectivity index (χ4v) is 2.95. The summed E-state index contributed by atoms with van der Waals surface area (Å²) in [5.41, 5.74) is 0. The van der Waals surface area contributed by atoms with E-state index in [4.69, 9.17) is 34.8 Å². The molecule has 0 saturated heterocycles. The predicted molar refractivity (Wildman–Crippen MR) is 44.7 cm³/mol. The molecule has 0 aromatic carbocycles. The fraction of sp³-hybridized carbons (Fsp3) is 0.714. The lowest BCUT2D eigenvalue weighted by atomic mass is 10.1. The van der Waals surface area contributed by atoms with Gasteiger partial charge in [0.15, 0.2) is 0 Å². The lowest BCUT2D eigenvalue weighted by Crippen LogP contribution is -2.14. The Labute approximate surface area is 75.1 Å². The van der Waals surface area contributed by atoms with E-state index >= 15 is 0 Å². The van der Waals surface area contributed by atoms with E-state index in [2.05, 4.69) is 0 Å². The van der Waals surface area contributed by atoms with Crippen molar-refractivity contribution in [2.45, 2.75) is 24.1 Å². The van der Waals surface area contributed by atoms with Crippen molar-refractivity contribution in [2.75, 3.05) is 0 Å². The van der Waals surface area contributed by atoms with E-state index in [-0.39, 0.29) is 4.87 Å². The highest BCUT2D eigenvalue weighted by molar-refractivity contribution is 6.46. The Balaban J connectivity index is 2.45. The molecule has 2 aliphatic carbocycles. The average molecular weight is 197 g/mol.